The fourth-order valence-corrected chi connectivity index (χ4v) is 2.06. The number of carbonyl (C=O) groups excluding carboxylic acids is 1. The SMILES string of the molecule is O=C(c1cccnc1F)N1CCn2ccnc2C1. The summed E-state index contributed by atoms with van der Waals surface area (Å²) in [4.78, 5) is 21.4. The van der Waals surface area contributed by atoms with Crippen molar-refractivity contribution in [3.05, 3.63) is 48.1 Å². The van der Waals surface area contributed by atoms with Crippen LogP contribution >= 0.6 is 0 Å². The number of imidazole rings is 1. The first-order chi connectivity index (χ1) is 8.75. The van der Waals surface area contributed by atoms with Crippen LogP contribution in [0.15, 0.2) is 30.7 Å². The van der Waals surface area contributed by atoms with Gasteiger partial charge in [-0.3, -0.25) is 4.79 Å². The minimum absolute atomic E-state index is 0.0116. The highest BCUT2D eigenvalue weighted by molar-refractivity contribution is 5.94. The van der Waals surface area contributed by atoms with Crippen molar-refractivity contribution in [2.45, 2.75) is 13.1 Å². The third kappa shape index (κ3) is 1.75. The summed E-state index contributed by atoms with van der Waals surface area (Å²) in [5, 5.41) is 0. The number of amides is 1. The molecule has 0 radical (unpaired) electrons. The summed E-state index contributed by atoms with van der Waals surface area (Å²) >= 11 is 0. The summed E-state index contributed by atoms with van der Waals surface area (Å²) < 4.78 is 15.4. The van der Waals surface area contributed by atoms with E-state index < -0.39 is 5.95 Å². The zero-order valence-electron chi connectivity index (χ0n) is 9.58. The van der Waals surface area contributed by atoms with E-state index in [2.05, 4.69) is 9.97 Å². The number of hydrogen-bond donors (Lipinski definition) is 0. The van der Waals surface area contributed by atoms with Crippen molar-refractivity contribution in [1.82, 2.24) is 19.4 Å². The minimum Gasteiger partial charge on any atom is -0.332 e. The Morgan fingerprint density at radius 1 is 1.28 bits per heavy atom. The maximum Gasteiger partial charge on any atom is 0.258 e. The predicted molar refractivity (Wildman–Crippen MR) is 61.2 cm³/mol. The van der Waals surface area contributed by atoms with E-state index in [0.717, 1.165) is 5.82 Å². The van der Waals surface area contributed by atoms with Gasteiger partial charge < -0.3 is 9.47 Å². The zero-order valence-corrected chi connectivity index (χ0v) is 9.58. The van der Waals surface area contributed by atoms with Crippen LogP contribution < -0.4 is 0 Å². The number of rotatable bonds is 1. The highest BCUT2D eigenvalue weighted by Crippen LogP contribution is 2.14. The summed E-state index contributed by atoms with van der Waals surface area (Å²) in [7, 11) is 0. The molecule has 0 aliphatic carbocycles. The summed E-state index contributed by atoms with van der Waals surface area (Å²) in [6.45, 7) is 1.64. The summed E-state index contributed by atoms with van der Waals surface area (Å²) in [5.74, 6) is -0.245. The van der Waals surface area contributed by atoms with Crippen LogP contribution in [0.1, 0.15) is 16.2 Å². The maximum absolute atomic E-state index is 13.5. The van der Waals surface area contributed by atoms with Crippen molar-refractivity contribution in [2.75, 3.05) is 6.54 Å². The Hall–Kier alpha value is -2.24. The number of pyridine rings is 1. The topological polar surface area (TPSA) is 51.0 Å². The Morgan fingerprint density at radius 3 is 3.00 bits per heavy atom. The normalized spacial score (nSPS) is 14.4. The van der Waals surface area contributed by atoms with Gasteiger partial charge in [-0.1, -0.05) is 0 Å². The number of halogens is 1. The quantitative estimate of drug-likeness (QED) is 0.707. The van der Waals surface area contributed by atoms with Crippen LogP contribution in [0.5, 0.6) is 0 Å². The summed E-state index contributed by atoms with van der Waals surface area (Å²) in [5.41, 5.74) is 0.0116. The molecule has 18 heavy (non-hydrogen) atoms. The van der Waals surface area contributed by atoms with Crippen LogP contribution in [0.25, 0.3) is 0 Å². The van der Waals surface area contributed by atoms with Crippen LogP contribution in [0, 0.1) is 5.95 Å². The molecule has 1 aliphatic rings. The molecular weight excluding hydrogens is 235 g/mol. The third-order valence-electron chi connectivity index (χ3n) is 3.02. The first-order valence-electron chi connectivity index (χ1n) is 5.65. The lowest BCUT2D eigenvalue weighted by Crippen LogP contribution is -2.38. The van der Waals surface area contributed by atoms with Crippen molar-refractivity contribution < 1.29 is 9.18 Å². The van der Waals surface area contributed by atoms with Gasteiger partial charge in [0, 0.05) is 31.7 Å². The third-order valence-corrected chi connectivity index (χ3v) is 3.02. The molecule has 0 spiro atoms. The molecule has 0 N–H and O–H groups in total. The molecule has 6 heteroatoms. The number of nitrogens with zero attached hydrogens (tertiary/aromatic N) is 4. The standard InChI is InChI=1S/C12H11FN4O/c13-11-9(2-1-3-15-11)12(18)17-7-6-16-5-4-14-10(16)8-17/h1-5H,6-8H2. The van der Waals surface area contributed by atoms with Crippen LogP contribution in [-0.2, 0) is 13.1 Å². The molecule has 2 aromatic heterocycles. The Kier molecular flexibility index (Phi) is 2.55. The van der Waals surface area contributed by atoms with E-state index in [0.29, 0.717) is 19.6 Å². The Bertz CT molecular complexity index is 595. The fraction of sp³-hybridized carbons (Fsp3) is 0.250. The number of aromatic nitrogens is 3. The monoisotopic (exact) mass is 246 g/mol. The second-order valence-electron chi connectivity index (χ2n) is 4.11. The fourth-order valence-electron chi connectivity index (χ4n) is 2.06. The molecule has 5 nitrogen and oxygen atoms in total. The Balaban J connectivity index is 1.85. The summed E-state index contributed by atoms with van der Waals surface area (Å²) in [6.07, 6.45) is 4.91. The van der Waals surface area contributed by atoms with Gasteiger partial charge in [0.15, 0.2) is 0 Å². The molecular formula is C12H11FN4O. The molecule has 2 aromatic rings. The van der Waals surface area contributed by atoms with E-state index in [1.54, 1.807) is 17.2 Å². The van der Waals surface area contributed by atoms with Crippen molar-refractivity contribution >= 4 is 5.91 Å². The smallest absolute Gasteiger partial charge is 0.258 e. The average Bonchev–Trinajstić information content (AvgIpc) is 2.85. The van der Waals surface area contributed by atoms with Gasteiger partial charge in [-0.15, -0.1) is 0 Å². The van der Waals surface area contributed by atoms with Gasteiger partial charge in [-0.2, -0.15) is 4.39 Å². The zero-order chi connectivity index (χ0) is 12.5. The molecule has 3 rings (SSSR count). The van der Waals surface area contributed by atoms with Gasteiger partial charge in [-0.05, 0) is 12.1 Å². The molecule has 1 amide bonds. The first kappa shape index (κ1) is 10.9. The van der Waals surface area contributed by atoms with Gasteiger partial charge in [0.1, 0.15) is 5.82 Å². The van der Waals surface area contributed by atoms with E-state index in [1.165, 1.54) is 12.3 Å². The van der Waals surface area contributed by atoms with Crippen LogP contribution in [0.2, 0.25) is 0 Å². The maximum atomic E-state index is 13.5. The predicted octanol–water partition coefficient (Wildman–Crippen LogP) is 1.07. The lowest BCUT2D eigenvalue weighted by Gasteiger charge is -2.27. The van der Waals surface area contributed by atoms with E-state index in [4.69, 9.17) is 0 Å². The average molecular weight is 246 g/mol. The molecule has 0 unspecified atom stereocenters. The Labute approximate surface area is 103 Å². The van der Waals surface area contributed by atoms with Crippen LogP contribution in [-0.4, -0.2) is 31.9 Å². The lowest BCUT2D eigenvalue weighted by molar-refractivity contribution is 0.0701. The molecule has 92 valence electrons. The van der Waals surface area contributed by atoms with Crippen molar-refractivity contribution in [3.63, 3.8) is 0 Å². The molecule has 0 fully saturated rings. The minimum atomic E-state index is -0.726. The van der Waals surface area contributed by atoms with Gasteiger partial charge in [0.25, 0.3) is 5.91 Å². The molecule has 0 saturated heterocycles. The molecule has 0 bridgehead atoms. The van der Waals surface area contributed by atoms with Gasteiger partial charge in [-0.25, -0.2) is 9.97 Å². The molecule has 0 aromatic carbocycles. The van der Waals surface area contributed by atoms with Gasteiger partial charge in [0.05, 0.1) is 12.1 Å². The second-order valence-corrected chi connectivity index (χ2v) is 4.11. The largest absolute Gasteiger partial charge is 0.332 e. The van der Waals surface area contributed by atoms with Crippen molar-refractivity contribution in [2.24, 2.45) is 0 Å². The first-order valence-corrected chi connectivity index (χ1v) is 5.65. The van der Waals surface area contributed by atoms with E-state index in [9.17, 15) is 9.18 Å². The lowest BCUT2D eigenvalue weighted by atomic mass is 10.2. The molecule has 1 aliphatic heterocycles. The van der Waals surface area contributed by atoms with E-state index >= 15 is 0 Å². The number of hydrogen-bond acceptors (Lipinski definition) is 3. The van der Waals surface area contributed by atoms with Gasteiger partial charge >= 0.3 is 0 Å². The second kappa shape index (κ2) is 4.21. The summed E-state index contributed by atoms with van der Waals surface area (Å²) in [6, 6.07) is 3.01. The highest BCUT2D eigenvalue weighted by atomic mass is 19.1. The van der Waals surface area contributed by atoms with Crippen molar-refractivity contribution in [3.8, 4) is 0 Å². The molecule has 0 atom stereocenters. The van der Waals surface area contributed by atoms with E-state index in [-0.39, 0.29) is 11.5 Å². The van der Waals surface area contributed by atoms with Gasteiger partial charge in [0.2, 0.25) is 5.95 Å². The van der Waals surface area contributed by atoms with Crippen LogP contribution in [0.4, 0.5) is 4.39 Å². The Morgan fingerprint density at radius 2 is 2.17 bits per heavy atom. The van der Waals surface area contributed by atoms with Crippen LogP contribution in [0.3, 0.4) is 0 Å². The molecule has 3 heterocycles. The van der Waals surface area contributed by atoms with Crippen molar-refractivity contribution in [1.29, 1.82) is 0 Å². The van der Waals surface area contributed by atoms with E-state index in [1.807, 2.05) is 10.8 Å². The number of fused-ring (bicyclic) bond motifs is 1. The number of carbonyl (C=O) groups is 1. The highest BCUT2D eigenvalue weighted by Gasteiger charge is 2.24. The molecule has 0 saturated carbocycles.